The van der Waals surface area contributed by atoms with E-state index < -0.39 is 17.8 Å². The summed E-state index contributed by atoms with van der Waals surface area (Å²) in [6.07, 6.45) is 1.21. The fraction of sp³-hybridized carbons (Fsp3) is 0.385. The van der Waals surface area contributed by atoms with Crippen molar-refractivity contribution in [3.8, 4) is 5.75 Å². The molecule has 1 amide bonds. The van der Waals surface area contributed by atoms with Gasteiger partial charge < -0.3 is 15.5 Å². The van der Waals surface area contributed by atoms with E-state index in [1.807, 2.05) is 6.92 Å². The first kappa shape index (κ1) is 15.3. The van der Waals surface area contributed by atoms with Gasteiger partial charge in [-0.05, 0) is 24.6 Å². The second kappa shape index (κ2) is 6.99. The summed E-state index contributed by atoms with van der Waals surface area (Å²) in [5.41, 5.74) is 0.0741. The Kier molecular flexibility index (Phi) is 5.63. The molecule has 0 aliphatic rings. The maximum absolute atomic E-state index is 11.8. The molecule has 3 N–H and O–H groups in total. The lowest BCUT2D eigenvalue weighted by molar-refractivity contribution is -0.141. The van der Waals surface area contributed by atoms with E-state index in [0.29, 0.717) is 11.4 Å². The molecule has 0 aromatic heterocycles. The van der Waals surface area contributed by atoms with Crippen LogP contribution in [-0.2, 0) is 4.79 Å². The summed E-state index contributed by atoms with van der Waals surface area (Å²) in [6.45, 7) is 1.91. The standard InChI is InChI=1S/C13H16ClNO4/c1-2-3-8(13(18)19)7-15-12(17)10-5-4-9(14)6-11(10)16/h4-6,8,16H,2-3,7H2,1H3,(H,15,17)(H,18,19). The lowest BCUT2D eigenvalue weighted by Gasteiger charge is -2.12. The fourth-order valence-corrected chi connectivity index (χ4v) is 1.84. The number of aliphatic carboxylic acids is 1. The predicted octanol–water partition coefficient (Wildman–Crippen LogP) is 2.28. The molecule has 104 valence electrons. The zero-order valence-electron chi connectivity index (χ0n) is 10.5. The van der Waals surface area contributed by atoms with Crippen LogP contribution >= 0.6 is 11.6 Å². The fourth-order valence-electron chi connectivity index (χ4n) is 1.67. The number of carboxylic acids is 1. The minimum Gasteiger partial charge on any atom is -0.507 e. The molecule has 1 rings (SSSR count). The number of nitrogens with one attached hydrogen (secondary N) is 1. The first-order valence-corrected chi connectivity index (χ1v) is 6.33. The number of hydrogen-bond acceptors (Lipinski definition) is 3. The van der Waals surface area contributed by atoms with E-state index in [1.54, 1.807) is 0 Å². The molecule has 0 heterocycles. The zero-order chi connectivity index (χ0) is 14.4. The van der Waals surface area contributed by atoms with Gasteiger partial charge in [-0.1, -0.05) is 24.9 Å². The van der Waals surface area contributed by atoms with Crippen LogP contribution in [-0.4, -0.2) is 28.6 Å². The molecular formula is C13H16ClNO4. The van der Waals surface area contributed by atoms with Gasteiger partial charge in [-0.25, -0.2) is 0 Å². The topological polar surface area (TPSA) is 86.6 Å². The molecule has 6 heteroatoms. The highest BCUT2D eigenvalue weighted by Crippen LogP contribution is 2.21. The summed E-state index contributed by atoms with van der Waals surface area (Å²) in [6, 6.07) is 4.14. The Balaban J connectivity index is 2.66. The number of phenolic OH excluding ortho intramolecular Hbond substituents is 1. The van der Waals surface area contributed by atoms with E-state index in [0.717, 1.165) is 6.42 Å². The van der Waals surface area contributed by atoms with Gasteiger partial charge in [-0.15, -0.1) is 0 Å². The van der Waals surface area contributed by atoms with Crippen molar-refractivity contribution in [3.05, 3.63) is 28.8 Å². The van der Waals surface area contributed by atoms with Crippen LogP contribution in [0, 0.1) is 5.92 Å². The third-order valence-electron chi connectivity index (χ3n) is 2.70. The van der Waals surface area contributed by atoms with Crippen molar-refractivity contribution < 1.29 is 19.8 Å². The van der Waals surface area contributed by atoms with Gasteiger partial charge in [0, 0.05) is 11.6 Å². The average molecular weight is 286 g/mol. The number of benzene rings is 1. The van der Waals surface area contributed by atoms with Crippen molar-refractivity contribution >= 4 is 23.5 Å². The molecule has 5 nitrogen and oxygen atoms in total. The van der Waals surface area contributed by atoms with Crippen LogP contribution in [0.15, 0.2) is 18.2 Å². The number of carboxylic acid groups (broad SMARTS) is 1. The van der Waals surface area contributed by atoms with Crippen molar-refractivity contribution in [2.75, 3.05) is 6.54 Å². The van der Waals surface area contributed by atoms with E-state index in [9.17, 15) is 14.7 Å². The second-order valence-electron chi connectivity index (χ2n) is 4.20. The minimum atomic E-state index is -0.942. The molecule has 0 aliphatic heterocycles. The van der Waals surface area contributed by atoms with Gasteiger partial charge in [0.15, 0.2) is 0 Å². The summed E-state index contributed by atoms with van der Waals surface area (Å²) >= 11 is 5.66. The molecule has 0 radical (unpaired) electrons. The third-order valence-corrected chi connectivity index (χ3v) is 2.93. The number of aromatic hydroxyl groups is 1. The monoisotopic (exact) mass is 285 g/mol. The Bertz CT molecular complexity index is 476. The summed E-state index contributed by atoms with van der Waals surface area (Å²) in [5.74, 6) is -2.31. The second-order valence-corrected chi connectivity index (χ2v) is 4.63. The largest absolute Gasteiger partial charge is 0.507 e. The Morgan fingerprint density at radius 3 is 2.63 bits per heavy atom. The van der Waals surface area contributed by atoms with Gasteiger partial charge in [-0.3, -0.25) is 9.59 Å². The SMILES string of the molecule is CCCC(CNC(=O)c1ccc(Cl)cc1O)C(=O)O. The molecule has 1 aromatic rings. The third kappa shape index (κ3) is 4.44. The average Bonchev–Trinajstić information content (AvgIpc) is 2.33. The minimum absolute atomic E-state index is 0.0318. The Hall–Kier alpha value is -1.75. The lowest BCUT2D eigenvalue weighted by Crippen LogP contribution is -2.32. The number of carbonyl (C=O) groups excluding carboxylic acids is 1. The molecule has 0 saturated heterocycles. The quantitative estimate of drug-likeness (QED) is 0.748. The van der Waals surface area contributed by atoms with Gasteiger partial charge >= 0.3 is 5.97 Å². The molecule has 0 aliphatic carbocycles. The summed E-state index contributed by atoms with van der Waals surface area (Å²) < 4.78 is 0. The van der Waals surface area contributed by atoms with Gasteiger partial charge in [-0.2, -0.15) is 0 Å². The van der Waals surface area contributed by atoms with Crippen LogP contribution in [0.5, 0.6) is 5.75 Å². The molecule has 19 heavy (non-hydrogen) atoms. The van der Waals surface area contributed by atoms with Gasteiger partial charge in [0.25, 0.3) is 5.91 Å². The van der Waals surface area contributed by atoms with Crippen LogP contribution < -0.4 is 5.32 Å². The number of rotatable bonds is 6. The highest BCUT2D eigenvalue weighted by molar-refractivity contribution is 6.30. The summed E-state index contributed by atoms with van der Waals surface area (Å²) in [7, 11) is 0. The molecular weight excluding hydrogens is 270 g/mol. The Morgan fingerprint density at radius 1 is 1.42 bits per heavy atom. The molecule has 0 bridgehead atoms. The highest BCUT2D eigenvalue weighted by Gasteiger charge is 2.18. The van der Waals surface area contributed by atoms with E-state index in [4.69, 9.17) is 16.7 Å². The first-order chi connectivity index (χ1) is 8.95. The molecule has 0 spiro atoms. The van der Waals surface area contributed by atoms with Crippen LogP contribution in [0.1, 0.15) is 30.1 Å². The number of phenols is 1. The van der Waals surface area contributed by atoms with Gasteiger partial charge in [0.1, 0.15) is 5.75 Å². The van der Waals surface area contributed by atoms with Gasteiger partial charge in [0.05, 0.1) is 11.5 Å². The number of hydrogen-bond donors (Lipinski definition) is 3. The van der Waals surface area contributed by atoms with Crippen LogP contribution in [0.2, 0.25) is 5.02 Å². The molecule has 1 unspecified atom stereocenters. The van der Waals surface area contributed by atoms with Crippen LogP contribution in [0.4, 0.5) is 0 Å². The van der Waals surface area contributed by atoms with Crippen molar-refractivity contribution in [1.29, 1.82) is 0 Å². The van der Waals surface area contributed by atoms with E-state index in [2.05, 4.69) is 5.32 Å². The van der Waals surface area contributed by atoms with Gasteiger partial charge in [0.2, 0.25) is 0 Å². The van der Waals surface area contributed by atoms with E-state index >= 15 is 0 Å². The predicted molar refractivity (Wildman–Crippen MR) is 71.5 cm³/mol. The van der Waals surface area contributed by atoms with Crippen molar-refractivity contribution in [3.63, 3.8) is 0 Å². The molecule has 0 fully saturated rings. The van der Waals surface area contributed by atoms with Crippen molar-refractivity contribution in [2.24, 2.45) is 5.92 Å². The maximum Gasteiger partial charge on any atom is 0.308 e. The van der Waals surface area contributed by atoms with Crippen LogP contribution in [0.25, 0.3) is 0 Å². The highest BCUT2D eigenvalue weighted by atomic mass is 35.5. The molecule has 0 saturated carbocycles. The summed E-state index contributed by atoms with van der Waals surface area (Å²) in [5, 5.41) is 21.4. The normalized spacial score (nSPS) is 11.9. The molecule has 1 aromatic carbocycles. The molecule has 1 atom stereocenters. The number of halogens is 1. The van der Waals surface area contributed by atoms with E-state index in [1.165, 1.54) is 18.2 Å². The lowest BCUT2D eigenvalue weighted by atomic mass is 10.0. The Morgan fingerprint density at radius 2 is 2.11 bits per heavy atom. The van der Waals surface area contributed by atoms with Crippen molar-refractivity contribution in [2.45, 2.75) is 19.8 Å². The first-order valence-electron chi connectivity index (χ1n) is 5.95. The smallest absolute Gasteiger partial charge is 0.308 e. The number of carbonyl (C=O) groups is 2. The number of amides is 1. The summed E-state index contributed by atoms with van der Waals surface area (Å²) in [4.78, 5) is 22.7. The maximum atomic E-state index is 11.8. The van der Waals surface area contributed by atoms with Crippen LogP contribution in [0.3, 0.4) is 0 Å². The van der Waals surface area contributed by atoms with E-state index in [-0.39, 0.29) is 17.9 Å². The zero-order valence-corrected chi connectivity index (χ0v) is 11.3. The Labute approximate surface area is 116 Å². The van der Waals surface area contributed by atoms with Crippen molar-refractivity contribution in [1.82, 2.24) is 5.32 Å².